The van der Waals surface area contributed by atoms with E-state index in [1.54, 1.807) is 25.3 Å². The van der Waals surface area contributed by atoms with Crippen molar-refractivity contribution in [3.8, 4) is 11.5 Å². The van der Waals surface area contributed by atoms with Gasteiger partial charge in [-0.1, -0.05) is 6.07 Å². The van der Waals surface area contributed by atoms with Crippen LogP contribution in [0, 0.1) is 0 Å². The zero-order valence-electron chi connectivity index (χ0n) is 11.1. The smallest absolute Gasteiger partial charge is 0.160 e. The molecule has 3 N–H and O–H groups in total. The Morgan fingerprint density at radius 3 is 2.61 bits per heavy atom. The quantitative estimate of drug-likeness (QED) is 0.630. The van der Waals surface area contributed by atoms with E-state index in [1.807, 2.05) is 6.92 Å². The van der Waals surface area contributed by atoms with Crippen LogP contribution in [-0.2, 0) is 10.3 Å². The second-order valence-electron chi connectivity index (χ2n) is 4.30. The van der Waals surface area contributed by atoms with E-state index in [4.69, 9.17) is 9.47 Å². The predicted octanol–water partition coefficient (Wildman–Crippen LogP) is 0.844. The first-order valence-electron chi connectivity index (χ1n) is 5.79. The van der Waals surface area contributed by atoms with E-state index in [-0.39, 0.29) is 12.4 Å². The Hall–Kier alpha value is -1.30. The number of phenols is 1. The van der Waals surface area contributed by atoms with Gasteiger partial charge in [-0.25, -0.2) is 0 Å². The van der Waals surface area contributed by atoms with Crippen molar-refractivity contribution in [2.75, 3.05) is 34.0 Å². The molecule has 0 aliphatic rings. The summed E-state index contributed by atoms with van der Waals surface area (Å²) >= 11 is 0. The Morgan fingerprint density at radius 1 is 1.33 bits per heavy atom. The summed E-state index contributed by atoms with van der Waals surface area (Å²) in [6.07, 6.45) is 0. The molecule has 18 heavy (non-hydrogen) atoms. The topological polar surface area (TPSA) is 71.0 Å². The summed E-state index contributed by atoms with van der Waals surface area (Å²) in [6, 6.07) is 5.03. The number of hydrogen-bond donors (Lipinski definition) is 3. The fourth-order valence-corrected chi connectivity index (χ4v) is 1.70. The number of aliphatic hydroxyl groups is 1. The van der Waals surface area contributed by atoms with Crippen molar-refractivity contribution in [2.24, 2.45) is 0 Å². The van der Waals surface area contributed by atoms with Crippen molar-refractivity contribution in [2.45, 2.75) is 12.5 Å². The van der Waals surface area contributed by atoms with Crippen molar-refractivity contribution in [1.29, 1.82) is 0 Å². The molecule has 0 aliphatic carbocycles. The molecular formula is C13H21NO4. The predicted molar refractivity (Wildman–Crippen MR) is 69.0 cm³/mol. The molecule has 0 heterocycles. The van der Waals surface area contributed by atoms with Crippen LogP contribution in [0.3, 0.4) is 0 Å². The zero-order valence-corrected chi connectivity index (χ0v) is 11.1. The molecule has 0 saturated carbocycles. The number of methoxy groups -OCH3 is 2. The minimum Gasteiger partial charge on any atom is -0.504 e. The van der Waals surface area contributed by atoms with Crippen molar-refractivity contribution >= 4 is 0 Å². The third kappa shape index (κ3) is 3.35. The highest BCUT2D eigenvalue weighted by molar-refractivity contribution is 5.44. The van der Waals surface area contributed by atoms with Gasteiger partial charge in [0.15, 0.2) is 11.5 Å². The van der Waals surface area contributed by atoms with Gasteiger partial charge in [-0.3, -0.25) is 0 Å². The van der Waals surface area contributed by atoms with Crippen LogP contribution in [0.1, 0.15) is 12.5 Å². The molecule has 0 radical (unpaired) electrons. The SMILES string of the molecule is COCCNC(C)(CO)c1ccc(O)c(OC)c1. The molecule has 0 spiro atoms. The van der Waals surface area contributed by atoms with Gasteiger partial charge in [0.25, 0.3) is 0 Å². The molecule has 1 aromatic rings. The van der Waals surface area contributed by atoms with E-state index in [0.29, 0.717) is 18.9 Å². The number of benzene rings is 1. The van der Waals surface area contributed by atoms with Gasteiger partial charge in [-0.05, 0) is 24.6 Å². The van der Waals surface area contributed by atoms with Crippen LogP contribution in [-0.4, -0.2) is 44.2 Å². The molecule has 1 aromatic carbocycles. The summed E-state index contributed by atoms with van der Waals surface area (Å²) in [5, 5.41) is 22.3. The van der Waals surface area contributed by atoms with Gasteiger partial charge in [-0.2, -0.15) is 0 Å². The van der Waals surface area contributed by atoms with E-state index >= 15 is 0 Å². The largest absolute Gasteiger partial charge is 0.504 e. The fourth-order valence-electron chi connectivity index (χ4n) is 1.70. The lowest BCUT2D eigenvalue weighted by atomic mass is 9.92. The van der Waals surface area contributed by atoms with Crippen LogP contribution < -0.4 is 10.1 Å². The summed E-state index contributed by atoms with van der Waals surface area (Å²) in [4.78, 5) is 0. The van der Waals surface area contributed by atoms with E-state index < -0.39 is 5.54 Å². The van der Waals surface area contributed by atoms with Crippen molar-refractivity contribution in [3.63, 3.8) is 0 Å². The average molecular weight is 255 g/mol. The lowest BCUT2D eigenvalue weighted by Gasteiger charge is -2.29. The normalized spacial score (nSPS) is 14.2. The second-order valence-corrected chi connectivity index (χ2v) is 4.30. The van der Waals surface area contributed by atoms with Crippen LogP contribution in [0.5, 0.6) is 11.5 Å². The highest BCUT2D eigenvalue weighted by atomic mass is 16.5. The lowest BCUT2D eigenvalue weighted by molar-refractivity contribution is 0.147. The Labute approximate surface area is 107 Å². The number of hydrogen-bond acceptors (Lipinski definition) is 5. The summed E-state index contributed by atoms with van der Waals surface area (Å²) in [6.45, 7) is 3.00. The molecule has 1 atom stereocenters. The Bertz CT molecular complexity index is 383. The van der Waals surface area contributed by atoms with Gasteiger partial charge >= 0.3 is 0 Å². The van der Waals surface area contributed by atoms with Gasteiger partial charge in [0, 0.05) is 13.7 Å². The third-order valence-electron chi connectivity index (χ3n) is 2.95. The molecule has 1 rings (SSSR count). The number of rotatable bonds is 7. The Balaban J connectivity index is 2.92. The van der Waals surface area contributed by atoms with Crippen molar-refractivity contribution < 1.29 is 19.7 Å². The fraction of sp³-hybridized carbons (Fsp3) is 0.538. The third-order valence-corrected chi connectivity index (χ3v) is 2.95. The number of aliphatic hydroxyl groups excluding tert-OH is 1. The standard InChI is InChI=1S/C13H21NO4/c1-13(9-15,14-6-7-17-2)10-4-5-11(16)12(8-10)18-3/h4-5,8,14-16H,6-7,9H2,1-3H3. The van der Waals surface area contributed by atoms with Gasteiger partial charge in [0.05, 0.1) is 25.9 Å². The van der Waals surface area contributed by atoms with Gasteiger partial charge in [-0.15, -0.1) is 0 Å². The molecule has 102 valence electrons. The van der Waals surface area contributed by atoms with E-state index in [9.17, 15) is 10.2 Å². The van der Waals surface area contributed by atoms with Crippen molar-refractivity contribution in [1.82, 2.24) is 5.32 Å². The Kier molecular flexibility index (Phi) is 5.40. The monoisotopic (exact) mass is 255 g/mol. The first-order valence-corrected chi connectivity index (χ1v) is 5.79. The average Bonchev–Trinajstić information content (AvgIpc) is 2.39. The molecule has 0 fully saturated rings. The van der Waals surface area contributed by atoms with E-state index in [0.717, 1.165) is 5.56 Å². The van der Waals surface area contributed by atoms with Gasteiger partial charge < -0.3 is 25.0 Å². The molecule has 0 aromatic heterocycles. The Morgan fingerprint density at radius 2 is 2.06 bits per heavy atom. The first-order chi connectivity index (χ1) is 8.57. The molecule has 0 amide bonds. The summed E-state index contributed by atoms with van der Waals surface area (Å²) < 4.78 is 10.0. The van der Waals surface area contributed by atoms with Gasteiger partial charge in [0.2, 0.25) is 0 Å². The number of phenolic OH excluding ortho intramolecular Hbond substituents is 1. The minimum absolute atomic E-state index is 0.0648. The van der Waals surface area contributed by atoms with E-state index in [2.05, 4.69) is 5.32 Å². The lowest BCUT2D eigenvalue weighted by Crippen LogP contribution is -2.44. The van der Waals surface area contributed by atoms with Crippen LogP contribution in [0.25, 0.3) is 0 Å². The van der Waals surface area contributed by atoms with Crippen LogP contribution in [0.15, 0.2) is 18.2 Å². The van der Waals surface area contributed by atoms with Crippen molar-refractivity contribution in [3.05, 3.63) is 23.8 Å². The maximum atomic E-state index is 9.56. The summed E-state index contributed by atoms with van der Waals surface area (Å²) in [7, 11) is 3.12. The van der Waals surface area contributed by atoms with E-state index in [1.165, 1.54) is 7.11 Å². The summed E-state index contributed by atoms with van der Waals surface area (Å²) in [5.74, 6) is 0.471. The molecule has 0 saturated heterocycles. The second kappa shape index (κ2) is 6.58. The van der Waals surface area contributed by atoms with Crippen LogP contribution >= 0.6 is 0 Å². The van der Waals surface area contributed by atoms with Crippen LogP contribution in [0.4, 0.5) is 0 Å². The number of ether oxygens (including phenoxy) is 2. The van der Waals surface area contributed by atoms with Gasteiger partial charge in [0.1, 0.15) is 0 Å². The molecular weight excluding hydrogens is 234 g/mol. The highest BCUT2D eigenvalue weighted by Crippen LogP contribution is 2.31. The molecule has 0 aliphatic heterocycles. The highest BCUT2D eigenvalue weighted by Gasteiger charge is 2.26. The van der Waals surface area contributed by atoms with Crippen LogP contribution in [0.2, 0.25) is 0 Å². The minimum atomic E-state index is -0.598. The molecule has 5 heteroatoms. The molecule has 5 nitrogen and oxygen atoms in total. The molecule has 0 bridgehead atoms. The summed E-state index contributed by atoms with van der Waals surface area (Å²) in [5.41, 5.74) is 0.246. The zero-order chi connectivity index (χ0) is 13.6. The number of aromatic hydroxyl groups is 1. The maximum Gasteiger partial charge on any atom is 0.160 e. The molecule has 1 unspecified atom stereocenters. The number of nitrogens with one attached hydrogen (secondary N) is 1. The first kappa shape index (κ1) is 14.8. The maximum absolute atomic E-state index is 9.56.